The predicted octanol–water partition coefficient (Wildman–Crippen LogP) is 3.38. The third-order valence-electron chi connectivity index (χ3n) is 3.24. The summed E-state index contributed by atoms with van der Waals surface area (Å²) in [5, 5.41) is 6.18. The number of para-hydroxylation sites is 1. The predicted molar refractivity (Wildman–Crippen MR) is 80.7 cm³/mol. The van der Waals surface area contributed by atoms with Crippen molar-refractivity contribution in [2.75, 3.05) is 11.9 Å². The van der Waals surface area contributed by atoms with Crippen molar-refractivity contribution >= 4 is 23.4 Å². The average Bonchev–Trinajstić information content (AvgIpc) is 2.49. The number of urea groups is 1. The molecule has 2 aromatic rings. The summed E-state index contributed by atoms with van der Waals surface area (Å²) < 4.78 is 5.57. The third kappa shape index (κ3) is 3.08. The number of carbonyl (C=O) groups excluding carboxylic acids is 1. The number of ether oxygens (including phenoxy) is 1. The van der Waals surface area contributed by atoms with Crippen molar-refractivity contribution in [3.8, 4) is 5.75 Å². The molecule has 2 amide bonds. The second-order valence-corrected chi connectivity index (χ2v) is 5.07. The number of nitrogens with zero attached hydrogens (tertiary/aromatic N) is 1. The zero-order chi connectivity index (χ0) is 14.7. The summed E-state index contributed by atoms with van der Waals surface area (Å²) >= 11 is 6.11. The number of anilines is 1. The third-order valence-corrected chi connectivity index (χ3v) is 3.54. The Morgan fingerprint density at radius 1 is 1.29 bits per heavy atom. The number of amides is 2. The van der Waals surface area contributed by atoms with Crippen LogP contribution in [0.5, 0.6) is 5.75 Å². The van der Waals surface area contributed by atoms with E-state index in [2.05, 4.69) is 15.6 Å². The van der Waals surface area contributed by atoms with E-state index in [4.69, 9.17) is 16.3 Å². The number of hydrogen-bond acceptors (Lipinski definition) is 3. The number of halogens is 1. The number of nitrogens with one attached hydrogen (secondary N) is 2. The molecule has 1 aromatic carbocycles. The quantitative estimate of drug-likeness (QED) is 0.894. The van der Waals surface area contributed by atoms with Crippen LogP contribution in [0.2, 0.25) is 5.02 Å². The average molecular weight is 304 g/mol. The van der Waals surface area contributed by atoms with Gasteiger partial charge >= 0.3 is 6.03 Å². The lowest BCUT2D eigenvalue weighted by Gasteiger charge is -2.27. The van der Waals surface area contributed by atoms with Crippen LogP contribution in [-0.2, 0) is 0 Å². The Kier molecular flexibility index (Phi) is 3.92. The Hall–Kier alpha value is -2.27. The van der Waals surface area contributed by atoms with Crippen LogP contribution in [0, 0.1) is 0 Å². The number of rotatable bonds is 2. The Labute approximate surface area is 127 Å². The molecule has 0 spiro atoms. The van der Waals surface area contributed by atoms with Gasteiger partial charge in [-0.25, -0.2) is 9.78 Å². The minimum absolute atomic E-state index is 0.129. The summed E-state index contributed by atoms with van der Waals surface area (Å²) in [6, 6.07) is 10.4. The van der Waals surface area contributed by atoms with Crippen LogP contribution in [0.25, 0.3) is 0 Å². The van der Waals surface area contributed by atoms with E-state index >= 15 is 0 Å². The number of aromatic nitrogens is 1. The van der Waals surface area contributed by atoms with Gasteiger partial charge in [-0.15, -0.1) is 0 Å². The topological polar surface area (TPSA) is 63.2 Å². The second-order valence-electron chi connectivity index (χ2n) is 4.66. The molecule has 6 heteroatoms. The smallest absolute Gasteiger partial charge is 0.320 e. The van der Waals surface area contributed by atoms with Crippen LogP contribution in [0.3, 0.4) is 0 Å². The van der Waals surface area contributed by atoms with Crippen molar-refractivity contribution < 1.29 is 9.53 Å². The van der Waals surface area contributed by atoms with Gasteiger partial charge in [-0.05, 0) is 18.2 Å². The van der Waals surface area contributed by atoms with E-state index in [1.165, 1.54) is 0 Å². The van der Waals surface area contributed by atoms with E-state index in [1.807, 2.05) is 18.2 Å². The summed E-state index contributed by atoms with van der Waals surface area (Å²) in [4.78, 5) is 16.1. The van der Waals surface area contributed by atoms with E-state index < -0.39 is 0 Å². The Morgan fingerprint density at radius 2 is 2.19 bits per heavy atom. The molecule has 0 bridgehead atoms. The lowest BCUT2D eigenvalue weighted by Crippen LogP contribution is -2.35. The van der Waals surface area contributed by atoms with Crippen molar-refractivity contribution in [3.63, 3.8) is 0 Å². The number of pyridine rings is 1. The van der Waals surface area contributed by atoms with Gasteiger partial charge in [0.2, 0.25) is 0 Å². The zero-order valence-corrected chi connectivity index (χ0v) is 11.9. The Balaban J connectivity index is 1.72. The molecule has 0 radical (unpaired) electrons. The van der Waals surface area contributed by atoms with Gasteiger partial charge in [-0.3, -0.25) is 5.32 Å². The minimum Gasteiger partial charge on any atom is -0.492 e. The lowest BCUT2D eigenvalue weighted by atomic mass is 10.0. The molecule has 0 saturated heterocycles. The van der Waals surface area contributed by atoms with Crippen LogP contribution >= 0.6 is 11.6 Å². The molecule has 2 heterocycles. The molecule has 1 atom stereocenters. The van der Waals surface area contributed by atoms with Crippen LogP contribution in [0.15, 0.2) is 42.6 Å². The maximum absolute atomic E-state index is 12.0. The summed E-state index contributed by atoms with van der Waals surface area (Å²) in [5.41, 5.74) is 0.893. The maximum Gasteiger partial charge on any atom is 0.320 e. The molecule has 2 N–H and O–H groups in total. The molecule has 0 saturated carbocycles. The van der Waals surface area contributed by atoms with Gasteiger partial charge in [0, 0.05) is 18.2 Å². The normalized spacial score (nSPS) is 16.5. The molecule has 108 valence electrons. The summed E-state index contributed by atoms with van der Waals surface area (Å²) in [6.45, 7) is 0.519. The first-order valence-electron chi connectivity index (χ1n) is 6.64. The Morgan fingerprint density at radius 3 is 3.00 bits per heavy atom. The van der Waals surface area contributed by atoms with Gasteiger partial charge in [0.05, 0.1) is 17.7 Å². The first-order chi connectivity index (χ1) is 10.2. The molecule has 1 aromatic heterocycles. The van der Waals surface area contributed by atoms with E-state index in [1.54, 1.807) is 24.4 Å². The molecule has 0 fully saturated rings. The highest BCUT2D eigenvalue weighted by Crippen LogP contribution is 2.37. The molecule has 1 aliphatic rings. The fourth-order valence-corrected chi connectivity index (χ4v) is 2.52. The summed E-state index contributed by atoms with van der Waals surface area (Å²) in [5.74, 6) is 1.15. The van der Waals surface area contributed by atoms with Crippen molar-refractivity contribution in [2.24, 2.45) is 0 Å². The van der Waals surface area contributed by atoms with Crippen molar-refractivity contribution in [2.45, 2.75) is 12.5 Å². The number of benzene rings is 1. The molecule has 21 heavy (non-hydrogen) atoms. The van der Waals surface area contributed by atoms with Gasteiger partial charge in [0.25, 0.3) is 0 Å². The monoisotopic (exact) mass is 303 g/mol. The molecule has 1 aliphatic heterocycles. The maximum atomic E-state index is 12.0. The summed E-state index contributed by atoms with van der Waals surface area (Å²) in [7, 11) is 0. The molecule has 0 aliphatic carbocycles. The van der Waals surface area contributed by atoms with Crippen LogP contribution in [0.1, 0.15) is 18.0 Å². The van der Waals surface area contributed by atoms with E-state index in [-0.39, 0.29) is 12.1 Å². The lowest BCUT2D eigenvalue weighted by molar-refractivity contribution is 0.232. The molecule has 5 nitrogen and oxygen atoms in total. The minimum atomic E-state index is -0.300. The van der Waals surface area contributed by atoms with Crippen LogP contribution in [-0.4, -0.2) is 17.6 Å². The molecular weight excluding hydrogens is 290 g/mol. The van der Waals surface area contributed by atoms with Crippen LogP contribution < -0.4 is 15.4 Å². The van der Waals surface area contributed by atoms with E-state index in [9.17, 15) is 4.79 Å². The Bertz CT molecular complexity index is 649. The van der Waals surface area contributed by atoms with Gasteiger partial charge in [-0.1, -0.05) is 29.8 Å². The first kappa shape index (κ1) is 13.7. The van der Waals surface area contributed by atoms with E-state index in [0.717, 1.165) is 5.56 Å². The second kappa shape index (κ2) is 6.01. The SMILES string of the molecule is O=C(Nc1ccccn1)N[C@H]1CCOc2c(Cl)cccc21. The number of fused-ring (bicyclic) bond motifs is 1. The fraction of sp³-hybridized carbons (Fsp3) is 0.200. The van der Waals surface area contributed by atoms with Gasteiger partial charge < -0.3 is 10.1 Å². The van der Waals surface area contributed by atoms with E-state index in [0.29, 0.717) is 29.6 Å². The highest BCUT2D eigenvalue weighted by atomic mass is 35.5. The van der Waals surface area contributed by atoms with Crippen molar-refractivity contribution in [3.05, 3.63) is 53.2 Å². The number of hydrogen-bond donors (Lipinski definition) is 2. The molecular formula is C15H14ClN3O2. The zero-order valence-electron chi connectivity index (χ0n) is 11.2. The standard InChI is InChI=1S/C15H14ClN3O2/c16-11-5-3-4-10-12(7-9-21-14(10)11)18-15(20)19-13-6-1-2-8-17-13/h1-6,8,12H,7,9H2,(H2,17,18,19,20)/t12-/m0/s1. The fourth-order valence-electron chi connectivity index (χ4n) is 2.28. The highest BCUT2D eigenvalue weighted by Gasteiger charge is 2.24. The van der Waals surface area contributed by atoms with Crippen LogP contribution in [0.4, 0.5) is 10.6 Å². The highest BCUT2D eigenvalue weighted by molar-refractivity contribution is 6.32. The van der Waals surface area contributed by atoms with Crippen molar-refractivity contribution in [1.82, 2.24) is 10.3 Å². The largest absolute Gasteiger partial charge is 0.492 e. The van der Waals surface area contributed by atoms with Gasteiger partial charge in [-0.2, -0.15) is 0 Å². The number of carbonyl (C=O) groups is 1. The van der Waals surface area contributed by atoms with Crippen molar-refractivity contribution in [1.29, 1.82) is 0 Å². The van der Waals surface area contributed by atoms with Gasteiger partial charge in [0.15, 0.2) is 0 Å². The molecule has 3 rings (SSSR count). The molecule has 0 unspecified atom stereocenters. The van der Waals surface area contributed by atoms with Gasteiger partial charge in [0.1, 0.15) is 11.6 Å². The summed E-state index contributed by atoms with van der Waals surface area (Å²) in [6.07, 6.45) is 2.32. The first-order valence-corrected chi connectivity index (χ1v) is 7.01.